The number of amides is 3. The minimum Gasteiger partial charge on any atom is -0.497 e. The summed E-state index contributed by atoms with van der Waals surface area (Å²) in [5.74, 6) is 1.10. The van der Waals surface area contributed by atoms with Crippen LogP contribution >= 0.6 is 27.5 Å². The molecule has 176 valence electrons. The van der Waals surface area contributed by atoms with Crippen LogP contribution in [0.25, 0.3) is 0 Å². The average molecular weight is 537 g/mol. The summed E-state index contributed by atoms with van der Waals surface area (Å²) in [5.41, 5.74) is 1.14. The lowest BCUT2D eigenvalue weighted by Crippen LogP contribution is -2.45. The van der Waals surface area contributed by atoms with E-state index in [1.54, 1.807) is 44.6 Å². The Morgan fingerprint density at radius 2 is 1.70 bits per heavy atom. The summed E-state index contributed by atoms with van der Waals surface area (Å²) in [7, 11) is 3.14. The molecule has 0 bridgehead atoms. The number of hydrogen-bond acceptors (Lipinski definition) is 4. The number of benzene rings is 2. The zero-order valence-electron chi connectivity index (χ0n) is 18.7. The molecule has 33 heavy (non-hydrogen) atoms. The summed E-state index contributed by atoms with van der Waals surface area (Å²) in [6, 6.07) is 10.5. The Hall–Kier alpha value is -2.45. The van der Waals surface area contributed by atoms with Gasteiger partial charge in [0.25, 0.3) is 5.91 Å². The van der Waals surface area contributed by atoms with Crippen molar-refractivity contribution in [2.24, 2.45) is 5.41 Å². The summed E-state index contributed by atoms with van der Waals surface area (Å²) in [5, 5.41) is 3.41. The number of nitrogens with zero attached hydrogens (tertiary/aromatic N) is 2. The molecule has 1 spiro atoms. The number of methoxy groups -OCH3 is 2. The van der Waals surface area contributed by atoms with E-state index >= 15 is 0 Å². The molecule has 2 aromatic carbocycles. The third kappa shape index (κ3) is 5.06. The van der Waals surface area contributed by atoms with Crippen molar-refractivity contribution in [3.05, 3.63) is 51.5 Å². The maximum absolute atomic E-state index is 13.2. The Bertz CT molecular complexity index is 1060. The maximum atomic E-state index is 13.2. The van der Waals surface area contributed by atoms with Crippen LogP contribution in [-0.4, -0.2) is 62.1 Å². The Morgan fingerprint density at radius 1 is 1.00 bits per heavy atom. The number of nitrogens with one attached hydrogen (secondary N) is 1. The predicted octanol–water partition coefficient (Wildman–Crippen LogP) is 5.28. The van der Waals surface area contributed by atoms with E-state index in [0.29, 0.717) is 54.0 Å². The fraction of sp³-hybridized carbons (Fsp3) is 0.417. The topological polar surface area (TPSA) is 71.1 Å². The van der Waals surface area contributed by atoms with Gasteiger partial charge in [0.05, 0.1) is 30.5 Å². The number of halogens is 2. The quantitative estimate of drug-likeness (QED) is 0.577. The highest BCUT2D eigenvalue weighted by atomic mass is 79.9. The zero-order valence-corrected chi connectivity index (χ0v) is 21.0. The molecule has 7 nitrogen and oxygen atoms in total. The lowest BCUT2D eigenvalue weighted by molar-refractivity contribution is 0.0591. The highest BCUT2D eigenvalue weighted by Gasteiger charge is 2.43. The van der Waals surface area contributed by atoms with Crippen LogP contribution in [0.1, 0.15) is 29.6 Å². The second kappa shape index (κ2) is 9.81. The fourth-order valence-corrected chi connectivity index (χ4v) is 5.36. The lowest BCUT2D eigenvalue weighted by atomic mass is 9.77. The standard InChI is InChI=1S/C24H27BrClN3O4/c1-32-17-4-6-21(33-2)18(14-17)22(30)28-10-7-24(8-11-28)9-12-29(15-24)23(31)27-20-5-3-16(25)13-19(20)26/h3-6,13-14H,7-12,15H2,1-2H3,(H,27,31). The van der Waals surface area contributed by atoms with E-state index in [4.69, 9.17) is 21.1 Å². The average Bonchev–Trinajstić information content (AvgIpc) is 3.24. The molecular formula is C24H27BrClN3O4. The van der Waals surface area contributed by atoms with Crippen LogP contribution in [0.2, 0.25) is 5.02 Å². The van der Waals surface area contributed by atoms with Crippen LogP contribution in [0.3, 0.4) is 0 Å². The molecule has 0 radical (unpaired) electrons. The second-order valence-corrected chi connectivity index (χ2v) is 9.91. The molecule has 2 saturated heterocycles. The molecule has 2 aliphatic rings. The van der Waals surface area contributed by atoms with Crippen molar-refractivity contribution in [1.82, 2.24) is 9.80 Å². The molecule has 2 fully saturated rings. The van der Waals surface area contributed by atoms with Crippen LogP contribution in [0.15, 0.2) is 40.9 Å². The number of piperidine rings is 1. The smallest absolute Gasteiger partial charge is 0.321 e. The summed E-state index contributed by atoms with van der Waals surface area (Å²) in [4.78, 5) is 29.7. The van der Waals surface area contributed by atoms with Crippen molar-refractivity contribution < 1.29 is 19.1 Å². The van der Waals surface area contributed by atoms with E-state index < -0.39 is 0 Å². The van der Waals surface area contributed by atoms with Gasteiger partial charge in [-0.25, -0.2) is 4.79 Å². The number of rotatable bonds is 4. The summed E-state index contributed by atoms with van der Waals surface area (Å²) >= 11 is 9.61. The van der Waals surface area contributed by atoms with Crippen molar-refractivity contribution in [2.75, 3.05) is 45.7 Å². The first-order chi connectivity index (χ1) is 15.8. The molecular weight excluding hydrogens is 510 g/mol. The van der Waals surface area contributed by atoms with Gasteiger partial charge in [0.15, 0.2) is 0 Å². The SMILES string of the molecule is COc1ccc(OC)c(C(=O)N2CCC3(CCN(C(=O)Nc4ccc(Br)cc4Cl)C3)CC2)c1. The fourth-order valence-electron chi connectivity index (χ4n) is 4.64. The molecule has 3 amide bonds. The van der Waals surface area contributed by atoms with Gasteiger partial charge in [-0.2, -0.15) is 0 Å². The largest absolute Gasteiger partial charge is 0.497 e. The van der Waals surface area contributed by atoms with Gasteiger partial charge in [0.2, 0.25) is 0 Å². The third-order valence-corrected chi connectivity index (χ3v) is 7.45. The normalized spacial score (nSPS) is 17.2. The van der Waals surface area contributed by atoms with Crippen LogP contribution < -0.4 is 14.8 Å². The number of likely N-dealkylation sites (tertiary alicyclic amines) is 2. The number of urea groups is 1. The van der Waals surface area contributed by atoms with Crippen molar-refractivity contribution in [1.29, 1.82) is 0 Å². The third-order valence-electron chi connectivity index (χ3n) is 6.65. The van der Waals surface area contributed by atoms with Crippen molar-refractivity contribution in [2.45, 2.75) is 19.3 Å². The first kappa shape index (κ1) is 23.7. The maximum Gasteiger partial charge on any atom is 0.321 e. The molecule has 0 unspecified atom stereocenters. The molecule has 9 heteroatoms. The first-order valence-electron chi connectivity index (χ1n) is 10.9. The van der Waals surface area contributed by atoms with Gasteiger partial charge in [0, 0.05) is 30.7 Å². The van der Waals surface area contributed by atoms with E-state index in [1.807, 2.05) is 15.9 Å². The Labute approximate surface area is 207 Å². The van der Waals surface area contributed by atoms with E-state index in [0.717, 1.165) is 23.7 Å². The Balaban J connectivity index is 1.37. The Kier molecular flexibility index (Phi) is 7.05. The van der Waals surface area contributed by atoms with E-state index in [-0.39, 0.29) is 17.4 Å². The minimum atomic E-state index is -0.143. The van der Waals surface area contributed by atoms with Crippen LogP contribution in [0.4, 0.5) is 10.5 Å². The number of carbonyl (C=O) groups is 2. The van der Waals surface area contributed by atoms with Crippen molar-refractivity contribution in [3.63, 3.8) is 0 Å². The molecule has 0 aromatic heterocycles. The van der Waals surface area contributed by atoms with Gasteiger partial charge in [-0.1, -0.05) is 27.5 Å². The highest BCUT2D eigenvalue weighted by molar-refractivity contribution is 9.10. The molecule has 2 aromatic rings. The first-order valence-corrected chi connectivity index (χ1v) is 12.0. The van der Waals surface area contributed by atoms with Gasteiger partial charge in [-0.15, -0.1) is 0 Å². The van der Waals surface area contributed by atoms with Gasteiger partial charge in [-0.05, 0) is 61.1 Å². The monoisotopic (exact) mass is 535 g/mol. The number of anilines is 1. The molecule has 2 aliphatic heterocycles. The molecule has 2 heterocycles. The molecule has 0 saturated carbocycles. The van der Waals surface area contributed by atoms with Gasteiger partial charge < -0.3 is 24.6 Å². The Morgan fingerprint density at radius 3 is 2.33 bits per heavy atom. The summed E-state index contributed by atoms with van der Waals surface area (Å²) < 4.78 is 11.5. The van der Waals surface area contributed by atoms with E-state index in [9.17, 15) is 9.59 Å². The zero-order chi connectivity index (χ0) is 23.6. The molecule has 0 aliphatic carbocycles. The van der Waals surface area contributed by atoms with Gasteiger partial charge >= 0.3 is 6.03 Å². The minimum absolute atomic E-state index is 0.0378. The number of ether oxygens (including phenoxy) is 2. The summed E-state index contributed by atoms with van der Waals surface area (Å²) in [6.07, 6.45) is 2.64. The molecule has 1 N–H and O–H groups in total. The second-order valence-electron chi connectivity index (χ2n) is 8.58. The van der Waals surface area contributed by atoms with Crippen molar-refractivity contribution >= 4 is 45.2 Å². The van der Waals surface area contributed by atoms with Crippen LogP contribution in [-0.2, 0) is 0 Å². The van der Waals surface area contributed by atoms with E-state index in [1.165, 1.54) is 0 Å². The highest BCUT2D eigenvalue weighted by Crippen LogP contribution is 2.41. The number of hydrogen-bond donors (Lipinski definition) is 1. The van der Waals surface area contributed by atoms with Gasteiger partial charge in [0.1, 0.15) is 11.5 Å². The van der Waals surface area contributed by atoms with Crippen molar-refractivity contribution in [3.8, 4) is 11.5 Å². The lowest BCUT2D eigenvalue weighted by Gasteiger charge is -2.39. The van der Waals surface area contributed by atoms with Crippen LogP contribution in [0.5, 0.6) is 11.5 Å². The molecule has 0 atom stereocenters. The van der Waals surface area contributed by atoms with Gasteiger partial charge in [-0.3, -0.25) is 4.79 Å². The van der Waals surface area contributed by atoms with Crippen LogP contribution in [0, 0.1) is 5.41 Å². The summed E-state index contributed by atoms with van der Waals surface area (Å²) in [6.45, 7) is 2.66. The predicted molar refractivity (Wildman–Crippen MR) is 131 cm³/mol. The number of carbonyl (C=O) groups excluding carboxylic acids is 2. The molecule has 4 rings (SSSR count). The van der Waals surface area contributed by atoms with E-state index in [2.05, 4.69) is 21.2 Å².